The molecule has 0 spiro atoms. The van der Waals surface area contributed by atoms with Crippen molar-refractivity contribution in [1.29, 1.82) is 0 Å². The summed E-state index contributed by atoms with van der Waals surface area (Å²) in [6, 6.07) is 8.05. The van der Waals surface area contributed by atoms with Crippen molar-refractivity contribution in [3.63, 3.8) is 0 Å². The van der Waals surface area contributed by atoms with Crippen LogP contribution in [0.1, 0.15) is 19.3 Å². The molecule has 1 aromatic carbocycles. The summed E-state index contributed by atoms with van der Waals surface area (Å²) in [6.07, 6.45) is 3.19. The number of halogens is 1. The first-order valence-corrected chi connectivity index (χ1v) is 8.61. The maximum absolute atomic E-state index is 11.5. The van der Waals surface area contributed by atoms with Crippen LogP contribution < -0.4 is 10.2 Å². The van der Waals surface area contributed by atoms with E-state index in [0.717, 1.165) is 69.2 Å². The van der Waals surface area contributed by atoms with Crippen molar-refractivity contribution in [3.05, 3.63) is 29.3 Å². The number of hydrogen-bond donors (Lipinski definition) is 1. The smallest absolute Gasteiger partial charge is 0.223 e. The Morgan fingerprint density at radius 1 is 1.18 bits per heavy atom. The molecule has 0 unspecified atom stereocenters. The lowest BCUT2D eigenvalue weighted by molar-refractivity contribution is -0.122. The van der Waals surface area contributed by atoms with Gasteiger partial charge in [-0.05, 0) is 37.9 Å². The summed E-state index contributed by atoms with van der Waals surface area (Å²) in [6.45, 7) is 6.00. The predicted octanol–water partition coefficient (Wildman–Crippen LogP) is 2.38. The van der Waals surface area contributed by atoms with E-state index >= 15 is 0 Å². The summed E-state index contributed by atoms with van der Waals surface area (Å²) >= 11 is 6.26. The third kappa shape index (κ3) is 4.14. The zero-order valence-corrected chi connectivity index (χ0v) is 13.7. The highest BCUT2D eigenvalue weighted by atomic mass is 35.5. The summed E-state index contributed by atoms with van der Waals surface area (Å²) < 4.78 is 0. The van der Waals surface area contributed by atoms with Gasteiger partial charge in [-0.2, -0.15) is 0 Å². The monoisotopic (exact) mass is 321 g/mol. The fraction of sp³-hybridized carbons (Fsp3) is 0.588. The third-order valence-corrected chi connectivity index (χ3v) is 4.78. The molecule has 22 heavy (non-hydrogen) atoms. The minimum absolute atomic E-state index is 0.253. The van der Waals surface area contributed by atoms with E-state index in [-0.39, 0.29) is 5.91 Å². The lowest BCUT2D eigenvalue weighted by Crippen LogP contribution is -2.47. The molecule has 0 bridgehead atoms. The molecule has 1 aromatic rings. The number of piperazine rings is 1. The molecule has 4 nitrogen and oxygen atoms in total. The molecule has 120 valence electrons. The zero-order chi connectivity index (χ0) is 15.4. The van der Waals surface area contributed by atoms with Crippen molar-refractivity contribution in [2.75, 3.05) is 44.2 Å². The molecule has 2 aliphatic rings. The van der Waals surface area contributed by atoms with Crippen LogP contribution in [0, 0.1) is 5.92 Å². The summed E-state index contributed by atoms with van der Waals surface area (Å²) in [5.41, 5.74) is 1.14. The molecule has 1 heterocycles. The van der Waals surface area contributed by atoms with Gasteiger partial charge in [-0.15, -0.1) is 0 Å². The van der Waals surface area contributed by atoms with Gasteiger partial charge < -0.3 is 10.2 Å². The predicted molar refractivity (Wildman–Crippen MR) is 90.5 cm³/mol. The molecular weight excluding hydrogens is 298 g/mol. The Morgan fingerprint density at radius 3 is 2.59 bits per heavy atom. The van der Waals surface area contributed by atoms with Crippen LogP contribution in [0.4, 0.5) is 5.69 Å². The molecule has 0 radical (unpaired) electrons. The molecule has 1 amide bonds. The number of anilines is 1. The first-order valence-electron chi connectivity index (χ1n) is 8.23. The van der Waals surface area contributed by atoms with Crippen molar-refractivity contribution in [2.24, 2.45) is 5.92 Å². The molecule has 3 rings (SSSR count). The Hall–Kier alpha value is -1.26. The van der Waals surface area contributed by atoms with Crippen molar-refractivity contribution < 1.29 is 4.79 Å². The second-order valence-corrected chi connectivity index (χ2v) is 6.61. The number of carbonyl (C=O) groups excluding carboxylic acids is 1. The second kappa shape index (κ2) is 7.34. The molecular formula is C17H24ClN3O. The number of amides is 1. The molecule has 1 saturated heterocycles. The largest absolute Gasteiger partial charge is 0.368 e. The molecule has 2 fully saturated rings. The van der Waals surface area contributed by atoms with E-state index in [9.17, 15) is 4.79 Å². The number of carbonyl (C=O) groups is 1. The Morgan fingerprint density at radius 2 is 1.91 bits per heavy atom. The fourth-order valence-corrected chi connectivity index (χ4v) is 3.18. The topological polar surface area (TPSA) is 35.6 Å². The molecule has 1 saturated carbocycles. The number of hydrogen-bond acceptors (Lipinski definition) is 3. The Bertz CT molecular complexity index is 510. The molecule has 1 aliphatic heterocycles. The molecule has 0 atom stereocenters. The number of rotatable bonds is 6. The SMILES string of the molecule is O=C(NCCCN1CCN(c2ccccc2Cl)CC1)C1CC1. The molecule has 1 N–H and O–H groups in total. The van der Waals surface area contributed by atoms with Crippen LogP contribution in [0.5, 0.6) is 0 Å². The summed E-state index contributed by atoms with van der Waals surface area (Å²) in [5.74, 6) is 0.572. The average molecular weight is 322 g/mol. The molecule has 0 aromatic heterocycles. The van der Waals surface area contributed by atoms with Crippen LogP contribution in [0.2, 0.25) is 5.02 Å². The van der Waals surface area contributed by atoms with Gasteiger partial charge in [0, 0.05) is 38.6 Å². The van der Waals surface area contributed by atoms with Gasteiger partial charge in [0.2, 0.25) is 5.91 Å². The van der Waals surface area contributed by atoms with Crippen molar-refractivity contribution in [1.82, 2.24) is 10.2 Å². The Labute approximate surface area is 137 Å². The second-order valence-electron chi connectivity index (χ2n) is 6.20. The Kier molecular flexibility index (Phi) is 5.21. The van der Waals surface area contributed by atoms with Gasteiger partial charge in [0.05, 0.1) is 10.7 Å². The standard InChI is InChI=1S/C17H24ClN3O/c18-15-4-1-2-5-16(15)21-12-10-20(11-13-21)9-3-8-19-17(22)14-6-7-14/h1-2,4-5,14H,3,6-13H2,(H,19,22). The number of nitrogens with one attached hydrogen (secondary N) is 1. The number of benzene rings is 1. The highest BCUT2D eigenvalue weighted by molar-refractivity contribution is 6.33. The van der Waals surface area contributed by atoms with E-state index in [2.05, 4.69) is 21.2 Å². The van der Waals surface area contributed by atoms with Crippen LogP contribution in [-0.4, -0.2) is 50.1 Å². The van der Waals surface area contributed by atoms with Crippen LogP contribution in [-0.2, 0) is 4.79 Å². The fourth-order valence-electron chi connectivity index (χ4n) is 2.92. The van der Waals surface area contributed by atoms with Crippen LogP contribution in [0.3, 0.4) is 0 Å². The zero-order valence-electron chi connectivity index (χ0n) is 12.9. The third-order valence-electron chi connectivity index (χ3n) is 4.46. The van der Waals surface area contributed by atoms with E-state index < -0.39 is 0 Å². The summed E-state index contributed by atoms with van der Waals surface area (Å²) in [4.78, 5) is 16.4. The number of nitrogens with zero attached hydrogens (tertiary/aromatic N) is 2. The van der Waals surface area contributed by atoms with Crippen molar-refractivity contribution in [2.45, 2.75) is 19.3 Å². The minimum Gasteiger partial charge on any atom is -0.368 e. The highest BCUT2D eigenvalue weighted by Gasteiger charge is 2.29. The van der Waals surface area contributed by atoms with Crippen molar-refractivity contribution in [3.8, 4) is 0 Å². The van der Waals surface area contributed by atoms with E-state index in [1.165, 1.54) is 0 Å². The van der Waals surface area contributed by atoms with Gasteiger partial charge in [-0.3, -0.25) is 9.69 Å². The van der Waals surface area contributed by atoms with Crippen LogP contribution in [0.25, 0.3) is 0 Å². The summed E-state index contributed by atoms with van der Waals surface area (Å²) in [7, 11) is 0. The van der Waals surface area contributed by atoms with Gasteiger partial charge in [0.25, 0.3) is 0 Å². The van der Waals surface area contributed by atoms with Crippen LogP contribution >= 0.6 is 11.6 Å². The lowest BCUT2D eigenvalue weighted by atomic mass is 10.2. The lowest BCUT2D eigenvalue weighted by Gasteiger charge is -2.36. The van der Waals surface area contributed by atoms with E-state index in [4.69, 9.17) is 11.6 Å². The van der Waals surface area contributed by atoms with Gasteiger partial charge in [0.1, 0.15) is 0 Å². The van der Waals surface area contributed by atoms with Crippen molar-refractivity contribution >= 4 is 23.2 Å². The molecule has 5 heteroatoms. The molecule has 1 aliphatic carbocycles. The van der Waals surface area contributed by atoms with E-state index in [1.54, 1.807) is 0 Å². The quantitative estimate of drug-likeness (QED) is 0.817. The minimum atomic E-state index is 0.253. The average Bonchev–Trinajstić information content (AvgIpc) is 3.37. The number of para-hydroxylation sites is 1. The first kappa shape index (κ1) is 15.6. The Balaban J connectivity index is 1.35. The highest BCUT2D eigenvalue weighted by Crippen LogP contribution is 2.28. The normalized spacial score (nSPS) is 19.2. The van der Waals surface area contributed by atoms with Gasteiger partial charge >= 0.3 is 0 Å². The van der Waals surface area contributed by atoms with Gasteiger partial charge in [-0.1, -0.05) is 23.7 Å². The maximum Gasteiger partial charge on any atom is 0.223 e. The van der Waals surface area contributed by atoms with Gasteiger partial charge in [-0.25, -0.2) is 0 Å². The van der Waals surface area contributed by atoms with Gasteiger partial charge in [0.15, 0.2) is 0 Å². The van der Waals surface area contributed by atoms with E-state index in [1.807, 2.05) is 18.2 Å². The first-order chi connectivity index (χ1) is 10.7. The summed E-state index contributed by atoms with van der Waals surface area (Å²) in [5, 5.41) is 3.86. The van der Waals surface area contributed by atoms with Crippen LogP contribution in [0.15, 0.2) is 24.3 Å². The van der Waals surface area contributed by atoms with E-state index in [0.29, 0.717) is 5.92 Å². The maximum atomic E-state index is 11.5.